The molecule has 1 rings (SSSR count). The summed E-state index contributed by atoms with van der Waals surface area (Å²) in [5.74, 6) is 1.68. The number of allylic oxidation sites excluding steroid dienone is 4. The summed E-state index contributed by atoms with van der Waals surface area (Å²) in [6.45, 7) is 9.52. The fourth-order valence-electron chi connectivity index (χ4n) is 2.75. The Bertz CT molecular complexity index is 288. The van der Waals surface area contributed by atoms with Crippen molar-refractivity contribution in [1.29, 1.82) is 0 Å². The molecule has 1 nitrogen and oxygen atoms in total. The average Bonchev–Trinajstić information content (AvgIpc) is 2.35. The molecule has 0 amide bonds. The average molecular weight is 233 g/mol. The van der Waals surface area contributed by atoms with Gasteiger partial charge in [-0.1, -0.05) is 43.7 Å². The smallest absolute Gasteiger partial charge is 0.0203 e. The molecule has 0 aliphatic carbocycles. The number of hydrogen-bond acceptors (Lipinski definition) is 1. The molecule has 0 aromatic heterocycles. The zero-order valence-corrected chi connectivity index (χ0v) is 11.7. The van der Waals surface area contributed by atoms with Crippen molar-refractivity contribution in [3.63, 3.8) is 0 Å². The standard InChI is InChI=1S/C16H27N/c1-5-14(6-2)10-11-15(7-3)16-9-8-12-17(4)13-16/h5-6,8,12,15-16H,1,7,9-11,13H2,2-4H3/b14-6+. The normalized spacial score (nSPS) is 22.6. The van der Waals surface area contributed by atoms with Gasteiger partial charge in [0.1, 0.15) is 0 Å². The summed E-state index contributed by atoms with van der Waals surface area (Å²) in [4.78, 5) is 2.32. The third kappa shape index (κ3) is 4.41. The quantitative estimate of drug-likeness (QED) is 0.615. The first-order chi connectivity index (χ1) is 8.21. The van der Waals surface area contributed by atoms with Gasteiger partial charge in [-0.2, -0.15) is 0 Å². The maximum atomic E-state index is 3.87. The van der Waals surface area contributed by atoms with Gasteiger partial charge in [-0.25, -0.2) is 0 Å². The van der Waals surface area contributed by atoms with Crippen molar-refractivity contribution in [2.45, 2.75) is 39.5 Å². The minimum absolute atomic E-state index is 0.831. The van der Waals surface area contributed by atoms with Gasteiger partial charge < -0.3 is 4.90 Å². The van der Waals surface area contributed by atoms with Crippen molar-refractivity contribution in [3.8, 4) is 0 Å². The van der Waals surface area contributed by atoms with Crippen LogP contribution >= 0.6 is 0 Å². The first kappa shape index (κ1) is 14.1. The zero-order valence-electron chi connectivity index (χ0n) is 11.7. The van der Waals surface area contributed by atoms with Crippen LogP contribution in [0.1, 0.15) is 39.5 Å². The molecule has 0 bridgehead atoms. The van der Waals surface area contributed by atoms with Crippen LogP contribution in [-0.4, -0.2) is 18.5 Å². The third-order valence-corrected chi connectivity index (χ3v) is 3.95. The Kier molecular flexibility index (Phi) is 6.10. The molecule has 1 aliphatic rings. The summed E-state index contributed by atoms with van der Waals surface area (Å²) >= 11 is 0. The maximum absolute atomic E-state index is 3.87. The Morgan fingerprint density at radius 1 is 1.59 bits per heavy atom. The molecule has 0 aromatic carbocycles. The van der Waals surface area contributed by atoms with Crippen LogP contribution in [0.3, 0.4) is 0 Å². The SMILES string of the molecule is C=C/C(=C\C)CCC(CC)C1CC=CN(C)C1. The Morgan fingerprint density at radius 2 is 2.35 bits per heavy atom. The Labute approximate surface area is 107 Å². The van der Waals surface area contributed by atoms with E-state index in [9.17, 15) is 0 Å². The molecular formula is C16H27N. The molecule has 96 valence electrons. The highest BCUT2D eigenvalue weighted by atomic mass is 15.1. The number of nitrogens with zero attached hydrogens (tertiary/aromatic N) is 1. The molecule has 0 aromatic rings. The molecule has 0 radical (unpaired) electrons. The van der Waals surface area contributed by atoms with Crippen LogP contribution in [0, 0.1) is 11.8 Å². The highest BCUT2D eigenvalue weighted by molar-refractivity contribution is 5.14. The van der Waals surface area contributed by atoms with E-state index in [2.05, 4.69) is 50.7 Å². The van der Waals surface area contributed by atoms with E-state index in [-0.39, 0.29) is 0 Å². The van der Waals surface area contributed by atoms with E-state index < -0.39 is 0 Å². The van der Waals surface area contributed by atoms with Crippen molar-refractivity contribution in [2.24, 2.45) is 11.8 Å². The van der Waals surface area contributed by atoms with Gasteiger partial charge in [-0.3, -0.25) is 0 Å². The van der Waals surface area contributed by atoms with E-state index in [1.165, 1.54) is 37.8 Å². The fourth-order valence-corrected chi connectivity index (χ4v) is 2.75. The lowest BCUT2D eigenvalue weighted by Crippen LogP contribution is -2.29. The lowest BCUT2D eigenvalue weighted by Gasteiger charge is -2.32. The summed E-state index contributed by atoms with van der Waals surface area (Å²) < 4.78 is 0. The molecular weight excluding hydrogens is 206 g/mol. The summed E-state index contributed by atoms with van der Waals surface area (Å²) in [6.07, 6.45) is 13.7. The molecule has 1 aliphatic heterocycles. The van der Waals surface area contributed by atoms with Crippen molar-refractivity contribution < 1.29 is 0 Å². The number of rotatable bonds is 6. The van der Waals surface area contributed by atoms with E-state index in [4.69, 9.17) is 0 Å². The minimum atomic E-state index is 0.831. The second-order valence-corrected chi connectivity index (χ2v) is 5.09. The first-order valence-electron chi connectivity index (χ1n) is 6.85. The molecule has 1 heterocycles. The van der Waals surface area contributed by atoms with Gasteiger partial charge >= 0.3 is 0 Å². The van der Waals surface area contributed by atoms with E-state index >= 15 is 0 Å². The largest absolute Gasteiger partial charge is 0.380 e. The monoisotopic (exact) mass is 233 g/mol. The predicted octanol–water partition coefficient (Wildman–Crippen LogP) is 4.39. The Balaban J connectivity index is 2.48. The van der Waals surface area contributed by atoms with Gasteiger partial charge in [-0.15, -0.1) is 0 Å². The van der Waals surface area contributed by atoms with Crippen molar-refractivity contribution in [2.75, 3.05) is 13.6 Å². The van der Waals surface area contributed by atoms with Crippen LogP contribution in [0.15, 0.2) is 36.6 Å². The highest BCUT2D eigenvalue weighted by Gasteiger charge is 2.21. The Morgan fingerprint density at radius 3 is 2.88 bits per heavy atom. The predicted molar refractivity (Wildman–Crippen MR) is 76.8 cm³/mol. The van der Waals surface area contributed by atoms with E-state index in [1.807, 2.05) is 6.08 Å². The van der Waals surface area contributed by atoms with Gasteiger partial charge in [-0.05, 0) is 44.2 Å². The topological polar surface area (TPSA) is 3.24 Å². The lowest BCUT2D eigenvalue weighted by atomic mass is 9.82. The zero-order chi connectivity index (χ0) is 12.7. The molecule has 0 spiro atoms. The van der Waals surface area contributed by atoms with Crippen molar-refractivity contribution >= 4 is 0 Å². The summed E-state index contributed by atoms with van der Waals surface area (Å²) in [7, 11) is 2.18. The summed E-state index contributed by atoms with van der Waals surface area (Å²) in [6, 6.07) is 0. The van der Waals surface area contributed by atoms with Gasteiger partial charge in [0.25, 0.3) is 0 Å². The molecule has 2 atom stereocenters. The molecule has 2 unspecified atom stereocenters. The van der Waals surface area contributed by atoms with Crippen LogP contribution < -0.4 is 0 Å². The number of hydrogen-bond donors (Lipinski definition) is 0. The Hall–Kier alpha value is -0.980. The van der Waals surface area contributed by atoms with Gasteiger partial charge in [0.2, 0.25) is 0 Å². The second-order valence-electron chi connectivity index (χ2n) is 5.09. The highest BCUT2D eigenvalue weighted by Crippen LogP contribution is 2.29. The molecule has 1 heteroatoms. The lowest BCUT2D eigenvalue weighted by molar-refractivity contribution is 0.231. The van der Waals surface area contributed by atoms with Crippen molar-refractivity contribution in [3.05, 3.63) is 36.6 Å². The molecule has 0 fully saturated rings. The second kappa shape index (κ2) is 7.37. The first-order valence-corrected chi connectivity index (χ1v) is 6.85. The summed E-state index contributed by atoms with van der Waals surface area (Å²) in [5.41, 5.74) is 1.39. The van der Waals surface area contributed by atoms with Crippen LogP contribution in [-0.2, 0) is 0 Å². The van der Waals surface area contributed by atoms with Crippen molar-refractivity contribution in [1.82, 2.24) is 4.90 Å². The third-order valence-electron chi connectivity index (χ3n) is 3.95. The van der Waals surface area contributed by atoms with Gasteiger partial charge in [0.15, 0.2) is 0 Å². The van der Waals surface area contributed by atoms with Crippen LogP contribution in [0.25, 0.3) is 0 Å². The van der Waals surface area contributed by atoms with Gasteiger partial charge in [0.05, 0.1) is 0 Å². The van der Waals surface area contributed by atoms with E-state index in [0.717, 1.165) is 11.8 Å². The van der Waals surface area contributed by atoms with Crippen LogP contribution in [0.4, 0.5) is 0 Å². The molecule has 0 saturated carbocycles. The van der Waals surface area contributed by atoms with E-state index in [0.29, 0.717) is 0 Å². The van der Waals surface area contributed by atoms with Crippen LogP contribution in [0.2, 0.25) is 0 Å². The fraction of sp³-hybridized carbons (Fsp3) is 0.625. The molecule has 0 N–H and O–H groups in total. The molecule has 0 saturated heterocycles. The minimum Gasteiger partial charge on any atom is -0.380 e. The maximum Gasteiger partial charge on any atom is 0.0203 e. The van der Waals surface area contributed by atoms with E-state index in [1.54, 1.807) is 0 Å². The molecule has 17 heavy (non-hydrogen) atoms. The van der Waals surface area contributed by atoms with Crippen LogP contribution in [0.5, 0.6) is 0 Å². The van der Waals surface area contributed by atoms with Gasteiger partial charge in [0, 0.05) is 13.6 Å². The summed E-state index contributed by atoms with van der Waals surface area (Å²) in [5, 5.41) is 0.